The predicted octanol–water partition coefficient (Wildman–Crippen LogP) is 1.89. The number of nitrogens with one attached hydrogen (secondary N) is 1. The highest BCUT2D eigenvalue weighted by Crippen LogP contribution is 2.37. The van der Waals surface area contributed by atoms with Crippen molar-refractivity contribution in [2.24, 2.45) is 0 Å². The SMILES string of the molecule is CCC(C)NC1(C#N)CC(C)N(C2CC2)C1. The molecule has 0 bridgehead atoms. The minimum absolute atomic E-state index is 0.294. The summed E-state index contributed by atoms with van der Waals surface area (Å²) < 4.78 is 0. The van der Waals surface area contributed by atoms with E-state index in [1.54, 1.807) is 0 Å². The molecule has 1 heterocycles. The summed E-state index contributed by atoms with van der Waals surface area (Å²) in [6.45, 7) is 7.51. The van der Waals surface area contributed by atoms with Crippen molar-refractivity contribution in [1.29, 1.82) is 5.26 Å². The van der Waals surface area contributed by atoms with Gasteiger partial charge in [-0.3, -0.25) is 10.2 Å². The van der Waals surface area contributed by atoms with E-state index in [9.17, 15) is 5.26 Å². The Kier molecular flexibility index (Phi) is 3.23. The molecule has 16 heavy (non-hydrogen) atoms. The molecule has 3 heteroatoms. The van der Waals surface area contributed by atoms with Gasteiger partial charge in [0.25, 0.3) is 0 Å². The summed E-state index contributed by atoms with van der Waals surface area (Å²) in [6, 6.07) is 4.30. The average molecular weight is 221 g/mol. The third-order valence-electron chi connectivity index (χ3n) is 4.03. The zero-order valence-corrected chi connectivity index (χ0v) is 10.7. The maximum Gasteiger partial charge on any atom is 0.121 e. The summed E-state index contributed by atoms with van der Waals surface area (Å²) in [7, 11) is 0. The van der Waals surface area contributed by atoms with Crippen LogP contribution < -0.4 is 5.32 Å². The fourth-order valence-corrected chi connectivity index (χ4v) is 2.84. The molecular formula is C13H23N3. The van der Waals surface area contributed by atoms with Gasteiger partial charge >= 0.3 is 0 Å². The Balaban J connectivity index is 2.03. The van der Waals surface area contributed by atoms with Crippen molar-refractivity contribution < 1.29 is 0 Å². The van der Waals surface area contributed by atoms with Gasteiger partial charge in [0.15, 0.2) is 0 Å². The van der Waals surface area contributed by atoms with Gasteiger partial charge in [-0.1, -0.05) is 6.92 Å². The topological polar surface area (TPSA) is 39.1 Å². The minimum atomic E-state index is -0.294. The minimum Gasteiger partial charge on any atom is -0.296 e. The van der Waals surface area contributed by atoms with Gasteiger partial charge in [-0.25, -0.2) is 0 Å². The molecule has 3 atom stereocenters. The monoisotopic (exact) mass is 221 g/mol. The van der Waals surface area contributed by atoms with Crippen LogP contribution in [0.25, 0.3) is 0 Å². The van der Waals surface area contributed by atoms with Crippen LogP contribution in [-0.2, 0) is 0 Å². The molecule has 0 radical (unpaired) electrons. The first-order valence-corrected chi connectivity index (χ1v) is 6.55. The Bertz CT molecular complexity index is 292. The highest BCUT2D eigenvalue weighted by molar-refractivity contribution is 5.17. The van der Waals surface area contributed by atoms with Gasteiger partial charge in [0.05, 0.1) is 6.07 Å². The molecule has 2 aliphatic rings. The van der Waals surface area contributed by atoms with Gasteiger partial charge in [-0.05, 0) is 39.5 Å². The van der Waals surface area contributed by atoms with Crippen LogP contribution in [0.4, 0.5) is 0 Å². The molecule has 1 saturated heterocycles. The van der Waals surface area contributed by atoms with Crippen LogP contribution >= 0.6 is 0 Å². The summed E-state index contributed by atoms with van der Waals surface area (Å²) >= 11 is 0. The van der Waals surface area contributed by atoms with Crippen molar-refractivity contribution >= 4 is 0 Å². The molecular weight excluding hydrogens is 198 g/mol. The Morgan fingerprint density at radius 2 is 2.25 bits per heavy atom. The van der Waals surface area contributed by atoms with E-state index in [2.05, 4.69) is 37.1 Å². The van der Waals surface area contributed by atoms with Crippen molar-refractivity contribution in [2.75, 3.05) is 6.54 Å². The molecule has 0 spiro atoms. The van der Waals surface area contributed by atoms with E-state index in [0.29, 0.717) is 12.1 Å². The highest BCUT2D eigenvalue weighted by atomic mass is 15.3. The van der Waals surface area contributed by atoms with Crippen LogP contribution in [0, 0.1) is 11.3 Å². The fraction of sp³-hybridized carbons (Fsp3) is 0.923. The molecule has 1 saturated carbocycles. The van der Waals surface area contributed by atoms with Crippen LogP contribution in [0.1, 0.15) is 46.5 Å². The average Bonchev–Trinajstić information content (AvgIpc) is 3.05. The van der Waals surface area contributed by atoms with Crippen LogP contribution in [-0.4, -0.2) is 35.1 Å². The molecule has 0 aromatic heterocycles. The lowest BCUT2D eigenvalue weighted by atomic mass is 9.96. The molecule has 3 nitrogen and oxygen atoms in total. The van der Waals surface area contributed by atoms with Crippen molar-refractivity contribution in [2.45, 2.75) is 70.1 Å². The molecule has 0 amide bonds. The molecule has 2 fully saturated rings. The van der Waals surface area contributed by atoms with E-state index in [4.69, 9.17) is 0 Å². The lowest BCUT2D eigenvalue weighted by Crippen LogP contribution is -2.50. The summed E-state index contributed by atoms with van der Waals surface area (Å²) in [5, 5.41) is 13.0. The third-order valence-corrected chi connectivity index (χ3v) is 4.03. The lowest BCUT2D eigenvalue weighted by molar-refractivity contribution is 0.247. The first-order valence-electron chi connectivity index (χ1n) is 6.55. The molecule has 0 aromatic carbocycles. The number of nitrogens with zero attached hydrogens (tertiary/aromatic N) is 2. The molecule has 0 aromatic rings. The summed E-state index contributed by atoms with van der Waals surface area (Å²) in [4.78, 5) is 2.53. The molecule has 2 rings (SSSR count). The van der Waals surface area contributed by atoms with E-state index in [1.165, 1.54) is 12.8 Å². The first kappa shape index (κ1) is 11.9. The van der Waals surface area contributed by atoms with Gasteiger partial charge in [0, 0.05) is 24.7 Å². The Morgan fingerprint density at radius 1 is 1.56 bits per heavy atom. The van der Waals surface area contributed by atoms with E-state index >= 15 is 0 Å². The number of nitriles is 1. The van der Waals surface area contributed by atoms with Crippen LogP contribution in [0.15, 0.2) is 0 Å². The molecule has 1 aliphatic heterocycles. The Hall–Kier alpha value is -0.590. The summed E-state index contributed by atoms with van der Waals surface area (Å²) in [5.74, 6) is 0. The fourth-order valence-electron chi connectivity index (χ4n) is 2.84. The van der Waals surface area contributed by atoms with Gasteiger partial charge in [-0.2, -0.15) is 5.26 Å². The number of rotatable bonds is 4. The van der Waals surface area contributed by atoms with Gasteiger partial charge in [0.2, 0.25) is 0 Å². The normalized spacial score (nSPS) is 37.2. The van der Waals surface area contributed by atoms with E-state index in [0.717, 1.165) is 25.4 Å². The van der Waals surface area contributed by atoms with Crippen molar-refractivity contribution in [3.05, 3.63) is 0 Å². The summed E-state index contributed by atoms with van der Waals surface area (Å²) in [5.41, 5.74) is -0.294. The largest absolute Gasteiger partial charge is 0.296 e. The van der Waals surface area contributed by atoms with Crippen LogP contribution in [0.5, 0.6) is 0 Å². The quantitative estimate of drug-likeness (QED) is 0.788. The Morgan fingerprint density at radius 3 is 2.75 bits per heavy atom. The number of likely N-dealkylation sites (tertiary alicyclic amines) is 1. The van der Waals surface area contributed by atoms with Crippen molar-refractivity contribution in [3.63, 3.8) is 0 Å². The molecule has 90 valence electrons. The van der Waals surface area contributed by atoms with Crippen LogP contribution in [0.3, 0.4) is 0 Å². The van der Waals surface area contributed by atoms with Crippen molar-refractivity contribution in [3.8, 4) is 6.07 Å². The smallest absolute Gasteiger partial charge is 0.121 e. The predicted molar refractivity (Wildman–Crippen MR) is 65.0 cm³/mol. The maximum absolute atomic E-state index is 9.46. The van der Waals surface area contributed by atoms with Gasteiger partial charge in [-0.15, -0.1) is 0 Å². The molecule has 3 unspecified atom stereocenters. The third kappa shape index (κ3) is 2.23. The lowest BCUT2D eigenvalue weighted by Gasteiger charge is -2.27. The van der Waals surface area contributed by atoms with Crippen molar-refractivity contribution in [1.82, 2.24) is 10.2 Å². The van der Waals surface area contributed by atoms with Gasteiger partial charge in [0.1, 0.15) is 5.54 Å². The van der Waals surface area contributed by atoms with E-state index < -0.39 is 0 Å². The second-order valence-corrected chi connectivity index (χ2v) is 5.60. The summed E-state index contributed by atoms with van der Waals surface area (Å²) in [6.07, 6.45) is 4.72. The van der Waals surface area contributed by atoms with Crippen LogP contribution in [0.2, 0.25) is 0 Å². The highest BCUT2D eigenvalue weighted by Gasteiger charge is 2.47. The Labute approximate surface area is 98.8 Å². The van der Waals surface area contributed by atoms with Gasteiger partial charge < -0.3 is 0 Å². The van der Waals surface area contributed by atoms with E-state index in [1.807, 2.05) is 0 Å². The standard InChI is InChI=1S/C13H23N3/c1-4-10(2)15-13(8-14)7-11(3)16(9-13)12-5-6-12/h10-12,15H,4-7,9H2,1-3H3. The zero-order valence-electron chi connectivity index (χ0n) is 10.7. The maximum atomic E-state index is 9.46. The number of hydrogen-bond acceptors (Lipinski definition) is 3. The molecule has 1 N–H and O–H groups in total. The zero-order chi connectivity index (χ0) is 11.8. The first-order chi connectivity index (χ1) is 7.60. The number of hydrogen-bond donors (Lipinski definition) is 1. The second kappa shape index (κ2) is 4.35. The second-order valence-electron chi connectivity index (χ2n) is 5.60. The van der Waals surface area contributed by atoms with E-state index in [-0.39, 0.29) is 5.54 Å². The molecule has 1 aliphatic carbocycles.